The van der Waals surface area contributed by atoms with Gasteiger partial charge in [-0.15, -0.1) is 0 Å². The first kappa shape index (κ1) is 17.4. The lowest BCUT2D eigenvalue weighted by atomic mass is 9.98. The molecule has 2 heterocycles. The molecule has 1 amide bonds. The van der Waals surface area contributed by atoms with Crippen molar-refractivity contribution in [1.82, 2.24) is 14.8 Å². The Labute approximate surface area is 142 Å². The fraction of sp³-hybridized carbons (Fsp3) is 0.750. The summed E-state index contributed by atoms with van der Waals surface area (Å²) in [4.78, 5) is 12.1. The van der Waals surface area contributed by atoms with Gasteiger partial charge in [-0.1, -0.05) is 5.16 Å². The van der Waals surface area contributed by atoms with Gasteiger partial charge in [-0.25, -0.2) is 12.7 Å². The van der Waals surface area contributed by atoms with Gasteiger partial charge >= 0.3 is 0 Å². The molecule has 7 nitrogen and oxygen atoms in total. The normalized spacial score (nSPS) is 20.2. The molecule has 1 aromatic heterocycles. The van der Waals surface area contributed by atoms with Crippen LogP contribution in [0, 0.1) is 19.8 Å². The van der Waals surface area contributed by atoms with Crippen molar-refractivity contribution in [2.24, 2.45) is 5.92 Å². The Balaban J connectivity index is 1.43. The highest BCUT2D eigenvalue weighted by Gasteiger charge is 2.41. The molecule has 1 aliphatic carbocycles. The monoisotopic (exact) mass is 355 g/mol. The van der Waals surface area contributed by atoms with Crippen LogP contribution in [0.1, 0.15) is 42.7 Å². The van der Waals surface area contributed by atoms with Gasteiger partial charge in [0.05, 0.1) is 17.4 Å². The van der Waals surface area contributed by atoms with E-state index in [2.05, 4.69) is 10.5 Å². The number of aryl methyl sites for hydroxylation is 2. The molecule has 1 N–H and O–H groups in total. The van der Waals surface area contributed by atoms with Gasteiger partial charge in [0.15, 0.2) is 0 Å². The van der Waals surface area contributed by atoms with Gasteiger partial charge < -0.3 is 9.84 Å². The number of piperidine rings is 1. The topological polar surface area (TPSA) is 92.5 Å². The summed E-state index contributed by atoms with van der Waals surface area (Å²) in [5, 5.41) is 6.67. The molecule has 2 aliphatic rings. The predicted molar refractivity (Wildman–Crippen MR) is 88.9 cm³/mol. The lowest BCUT2D eigenvalue weighted by molar-refractivity contribution is -0.120. The van der Waals surface area contributed by atoms with Gasteiger partial charge in [0.1, 0.15) is 5.76 Å². The Hall–Kier alpha value is -1.41. The maximum absolute atomic E-state index is 12.2. The minimum absolute atomic E-state index is 0.0440. The van der Waals surface area contributed by atoms with Crippen molar-refractivity contribution in [2.45, 2.75) is 51.2 Å². The van der Waals surface area contributed by atoms with Crippen molar-refractivity contribution >= 4 is 15.9 Å². The third-order valence-corrected chi connectivity index (χ3v) is 7.38. The minimum Gasteiger partial charge on any atom is -0.361 e. The second kappa shape index (κ2) is 6.84. The zero-order chi connectivity index (χ0) is 17.3. The smallest absolute Gasteiger partial charge is 0.224 e. The standard InChI is InChI=1S/C16H25N3O4S/c1-11-15(12(2)23-18-11)9-16(20)17-10-13-5-7-19(8-6-13)24(21,22)14-3-4-14/h13-14H,3-10H2,1-2H3,(H,17,20). The van der Waals surface area contributed by atoms with Crippen molar-refractivity contribution in [3.63, 3.8) is 0 Å². The SMILES string of the molecule is Cc1noc(C)c1CC(=O)NCC1CCN(S(=O)(=O)C2CC2)CC1. The van der Waals surface area contributed by atoms with Crippen molar-refractivity contribution < 1.29 is 17.7 Å². The average molecular weight is 355 g/mol. The molecule has 0 radical (unpaired) electrons. The van der Waals surface area contributed by atoms with Gasteiger partial charge in [-0.2, -0.15) is 0 Å². The number of carbonyl (C=O) groups is 1. The molecule has 1 saturated heterocycles. The highest BCUT2D eigenvalue weighted by atomic mass is 32.2. The van der Waals surface area contributed by atoms with E-state index in [4.69, 9.17) is 4.52 Å². The Bertz CT molecular complexity index is 681. The predicted octanol–water partition coefficient (Wildman–Crippen LogP) is 1.15. The van der Waals surface area contributed by atoms with E-state index in [1.165, 1.54) is 0 Å². The summed E-state index contributed by atoms with van der Waals surface area (Å²) >= 11 is 0. The van der Waals surface area contributed by atoms with Crippen LogP contribution in [-0.4, -0.2) is 48.7 Å². The first-order valence-electron chi connectivity index (χ1n) is 8.55. The number of hydrogen-bond donors (Lipinski definition) is 1. The molecular formula is C16H25N3O4S. The van der Waals surface area contributed by atoms with E-state index in [1.807, 2.05) is 6.92 Å². The van der Waals surface area contributed by atoms with Gasteiger partial charge in [-0.3, -0.25) is 4.79 Å². The molecule has 1 aliphatic heterocycles. The number of aromatic nitrogens is 1. The van der Waals surface area contributed by atoms with Gasteiger partial charge in [0.25, 0.3) is 0 Å². The second-order valence-electron chi connectivity index (χ2n) is 6.87. The molecule has 8 heteroatoms. The maximum atomic E-state index is 12.2. The molecule has 1 aromatic rings. The van der Waals surface area contributed by atoms with Crippen molar-refractivity contribution in [2.75, 3.05) is 19.6 Å². The summed E-state index contributed by atoms with van der Waals surface area (Å²) in [6, 6.07) is 0. The number of rotatable bonds is 6. The van der Waals surface area contributed by atoms with Crippen LogP contribution in [0.5, 0.6) is 0 Å². The average Bonchev–Trinajstić information content (AvgIpc) is 3.37. The summed E-state index contributed by atoms with van der Waals surface area (Å²) in [5.41, 5.74) is 1.60. The third-order valence-electron chi connectivity index (χ3n) is 4.99. The van der Waals surface area contributed by atoms with E-state index in [0.29, 0.717) is 31.3 Å². The Kier molecular flexibility index (Phi) is 4.96. The number of hydrogen-bond acceptors (Lipinski definition) is 5. The van der Waals surface area contributed by atoms with Crippen LogP contribution in [0.15, 0.2) is 4.52 Å². The maximum Gasteiger partial charge on any atom is 0.224 e. The van der Waals surface area contributed by atoms with Crippen LogP contribution in [-0.2, 0) is 21.2 Å². The summed E-state index contributed by atoms with van der Waals surface area (Å²) in [6.07, 6.45) is 3.49. The summed E-state index contributed by atoms with van der Waals surface area (Å²) in [5.74, 6) is 0.975. The van der Waals surface area contributed by atoms with Crippen LogP contribution in [0.25, 0.3) is 0 Å². The first-order chi connectivity index (χ1) is 11.4. The van der Waals surface area contributed by atoms with Crippen LogP contribution < -0.4 is 5.32 Å². The largest absolute Gasteiger partial charge is 0.361 e. The molecule has 0 spiro atoms. The van der Waals surface area contributed by atoms with E-state index in [0.717, 1.165) is 36.9 Å². The number of nitrogens with zero attached hydrogens (tertiary/aromatic N) is 2. The number of amides is 1. The summed E-state index contributed by atoms with van der Waals surface area (Å²) in [6.45, 7) is 5.37. The molecular weight excluding hydrogens is 330 g/mol. The molecule has 1 saturated carbocycles. The van der Waals surface area contributed by atoms with Crippen molar-refractivity contribution in [1.29, 1.82) is 0 Å². The summed E-state index contributed by atoms with van der Waals surface area (Å²) < 4.78 is 31.1. The van der Waals surface area contributed by atoms with Crippen LogP contribution in [0.3, 0.4) is 0 Å². The first-order valence-corrected chi connectivity index (χ1v) is 10.1. The van der Waals surface area contributed by atoms with Gasteiger partial charge in [0.2, 0.25) is 15.9 Å². The molecule has 0 unspecified atom stereocenters. The quantitative estimate of drug-likeness (QED) is 0.826. The molecule has 134 valence electrons. The molecule has 2 fully saturated rings. The van der Waals surface area contributed by atoms with E-state index in [-0.39, 0.29) is 17.6 Å². The van der Waals surface area contributed by atoms with E-state index >= 15 is 0 Å². The molecule has 0 aromatic carbocycles. The molecule has 24 heavy (non-hydrogen) atoms. The van der Waals surface area contributed by atoms with Crippen molar-refractivity contribution in [3.05, 3.63) is 17.0 Å². The van der Waals surface area contributed by atoms with Gasteiger partial charge in [-0.05, 0) is 45.4 Å². The third kappa shape index (κ3) is 3.80. The highest BCUT2D eigenvalue weighted by Crippen LogP contribution is 2.33. The minimum atomic E-state index is -3.06. The summed E-state index contributed by atoms with van der Waals surface area (Å²) in [7, 11) is -3.06. The zero-order valence-electron chi connectivity index (χ0n) is 14.2. The van der Waals surface area contributed by atoms with E-state index in [1.54, 1.807) is 11.2 Å². The lowest BCUT2D eigenvalue weighted by Gasteiger charge is -2.31. The molecule has 0 bridgehead atoms. The van der Waals surface area contributed by atoms with E-state index in [9.17, 15) is 13.2 Å². The highest BCUT2D eigenvalue weighted by molar-refractivity contribution is 7.90. The van der Waals surface area contributed by atoms with Crippen LogP contribution in [0.4, 0.5) is 0 Å². The van der Waals surface area contributed by atoms with Crippen LogP contribution in [0.2, 0.25) is 0 Å². The van der Waals surface area contributed by atoms with E-state index < -0.39 is 10.0 Å². The zero-order valence-corrected chi connectivity index (χ0v) is 15.1. The van der Waals surface area contributed by atoms with Crippen LogP contribution >= 0.6 is 0 Å². The molecule has 3 rings (SSSR count). The fourth-order valence-electron chi connectivity index (χ4n) is 3.18. The number of sulfonamides is 1. The Morgan fingerprint density at radius 3 is 2.46 bits per heavy atom. The van der Waals surface area contributed by atoms with Gasteiger partial charge in [0, 0.05) is 25.2 Å². The van der Waals surface area contributed by atoms with Crippen molar-refractivity contribution in [3.8, 4) is 0 Å². The second-order valence-corrected chi connectivity index (χ2v) is 9.08. The lowest BCUT2D eigenvalue weighted by Crippen LogP contribution is -2.42. The molecule has 0 atom stereocenters. The number of carbonyl (C=O) groups excluding carboxylic acids is 1. The Morgan fingerprint density at radius 2 is 1.92 bits per heavy atom. The number of nitrogens with one attached hydrogen (secondary N) is 1. The Morgan fingerprint density at radius 1 is 1.25 bits per heavy atom. The fourth-order valence-corrected chi connectivity index (χ4v) is 5.05.